The Balaban J connectivity index is 1.85. The molecule has 2 rings (SSSR count). The van der Waals surface area contributed by atoms with Crippen LogP contribution >= 0.6 is 0 Å². The van der Waals surface area contributed by atoms with Crippen molar-refractivity contribution in [2.75, 3.05) is 26.8 Å². The molecular weight excluding hydrogens is 196 g/mol. The Morgan fingerprint density at radius 2 is 2.60 bits per heavy atom. The van der Waals surface area contributed by atoms with Gasteiger partial charge in [-0.2, -0.15) is 0 Å². The maximum absolute atomic E-state index is 11.2. The number of esters is 1. The molecule has 15 heavy (non-hydrogen) atoms. The molecule has 0 saturated carbocycles. The van der Waals surface area contributed by atoms with Gasteiger partial charge in [-0.1, -0.05) is 0 Å². The van der Waals surface area contributed by atoms with E-state index in [1.54, 1.807) is 0 Å². The summed E-state index contributed by atoms with van der Waals surface area (Å²) in [6.07, 6.45) is 1.99. The standard InChI is InChI=1S/C10H16N2O3/c1-14-10(13)8-6-15-9(12-8)4-7-2-3-11-5-7/h7-8,11H,2-6H2,1H3. The highest BCUT2D eigenvalue weighted by Crippen LogP contribution is 2.17. The summed E-state index contributed by atoms with van der Waals surface area (Å²) in [5.41, 5.74) is 0. The average Bonchev–Trinajstić information content (AvgIpc) is 2.88. The predicted molar refractivity (Wildman–Crippen MR) is 54.8 cm³/mol. The Labute approximate surface area is 88.8 Å². The molecule has 0 spiro atoms. The Morgan fingerprint density at radius 3 is 3.27 bits per heavy atom. The van der Waals surface area contributed by atoms with Crippen LogP contribution in [0.2, 0.25) is 0 Å². The molecule has 0 aromatic carbocycles. The fourth-order valence-corrected chi connectivity index (χ4v) is 1.93. The van der Waals surface area contributed by atoms with Crippen molar-refractivity contribution >= 4 is 11.9 Å². The Hall–Kier alpha value is -1.10. The molecule has 1 saturated heterocycles. The molecule has 1 fully saturated rings. The van der Waals surface area contributed by atoms with E-state index in [0.717, 1.165) is 25.9 Å². The molecule has 2 aliphatic heterocycles. The van der Waals surface area contributed by atoms with Crippen molar-refractivity contribution in [3.8, 4) is 0 Å². The number of carbonyl (C=O) groups is 1. The second kappa shape index (κ2) is 4.61. The van der Waals surface area contributed by atoms with Crippen LogP contribution in [0.15, 0.2) is 4.99 Å². The highest BCUT2D eigenvalue weighted by atomic mass is 16.5. The Morgan fingerprint density at radius 1 is 1.73 bits per heavy atom. The molecule has 2 heterocycles. The van der Waals surface area contributed by atoms with E-state index in [4.69, 9.17) is 4.74 Å². The van der Waals surface area contributed by atoms with Crippen LogP contribution in [0.3, 0.4) is 0 Å². The second-order valence-electron chi connectivity index (χ2n) is 3.94. The van der Waals surface area contributed by atoms with E-state index in [9.17, 15) is 4.79 Å². The topological polar surface area (TPSA) is 59.9 Å². The third kappa shape index (κ3) is 2.47. The second-order valence-corrected chi connectivity index (χ2v) is 3.94. The van der Waals surface area contributed by atoms with Gasteiger partial charge < -0.3 is 14.8 Å². The Kier molecular flexibility index (Phi) is 3.20. The largest absolute Gasteiger partial charge is 0.478 e. The summed E-state index contributed by atoms with van der Waals surface area (Å²) in [6, 6.07) is -0.445. The lowest BCUT2D eigenvalue weighted by atomic mass is 10.1. The maximum atomic E-state index is 11.2. The van der Waals surface area contributed by atoms with Crippen LogP contribution in [0.4, 0.5) is 0 Å². The van der Waals surface area contributed by atoms with E-state index in [0.29, 0.717) is 18.4 Å². The zero-order valence-corrected chi connectivity index (χ0v) is 8.86. The lowest BCUT2D eigenvalue weighted by Crippen LogP contribution is -2.21. The van der Waals surface area contributed by atoms with Crippen molar-refractivity contribution in [2.24, 2.45) is 10.9 Å². The predicted octanol–water partition coefficient (Wildman–Crippen LogP) is -0.0437. The summed E-state index contributed by atoms with van der Waals surface area (Å²) < 4.78 is 9.99. The first-order chi connectivity index (χ1) is 7.29. The number of methoxy groups -OCH3 is 1. The minimum Gasteiger partial charge on any atom is -0.478 e. The van der Waals surface area contributed by atoms with Crippen LogP contribution in [-0.2, 0) is 14.3 Å². The Bertz CT molecular complexity index is 272. The number of hydrogen-bond donors (Lipinski definition) is 1. The van der Waals surface area contributed by atoms with Gasteiger partial charge in [-0.05, 0) is 25.4 Å². The van der Waals surface area contributed by atoms with Crippen molar-refractivity contribution in [2.45, 2.75) is 18.9 Å². The van der Waals surface area contributed by atoms with Gasteiger partial charge in [-0.25, -0.2) is 9.79 Å². The van der Waals surface area contributed by atoms with Crippen LogP contribution in [-0.4, -0.2) is 44.7 Å². The van der Waals surface area contributed by atoms with Gasteiger partial charge in [-0.3, -0.25) is 0 Å². The van der Waals surface area contributed by atoms with Crippen LogP contribution in [0.1, 0.15) is 12.8 Å². The molecule has 2 atom stereocenters. The molecule has 0 amide bonds. The van der Waals surface area contributed by atoms with Crippen molar-refractivity contribution in [1.29, 1.82) is 0 Å². The van der Waals surface area contributed by atoms with E-state index in [2.05, 4.69) is 15.0 Å². The number of ether oxygens (including phenoxy) is 2. The van der Waals surface area contributed by atoms with Gasteiger partial charge >= 0.3 is 5.97 Å². The SMILES string of the molecule is COC(=O)C1COC(CC2CCNC2)=N1. The first-order valence-corrected chi connectivity index (χ1v) is 5.27. The normalized spacial score (nSPS) is 29.8. The van der Waals surface area contributed by atoms with Crippen molar-refractivity contribution in [3.05, 3.63) is 0 Å². The van der Waals surface area contributed by atoms with Gasteiger partial charge in [0.05, 0.1) is 7.11 Å². The molecule has 5 heteroatoms. The molecule has 0 aliphatic carbocycles. The minimum atomic E-state index is -0.445. The molecule has 0 bridgehead atoms. The summed E-state index contributed by atoms with van der Waals surface area (Å²) in [5, 5.41) is 3.29. The molecule has 84 valence electrons. The van der Waals surface area contributed by atoms with Gasteiger partial charge in [0.25, 0.3) is 0 Å². The third-order valence-corrected chi connectivity index (χ3v) is 2.81. The van der Waals surface area contributed by atoms with Gasteiger partial charge in [0.2, 0.25) is 0 Å². The molecule has 1 N–H and O–H groups in total. The fourth-order valence-electron chi connectivity index (χ4n) is 1.93. The zero-order chi connectivity index (χ0) is 10.7. The lowest BCUT2D eigenvalue weighted by molar-refractivity contribution is -0.142. The average molecular weight is 212 g/mol. The maximum Gasteiger partial charge on any atom is 0.334 e. The van der Waals surface area contributed by atoms with E-state index in [1.807, 2.05) is 0 Å². The van der Waals surface area contributed by atoms with Crippen molar-refractivity contribution < 1.29 is 14.3 Å². The summed E-state index contributed by atoms with van der Waals surface area (Å²) >= 11 is 0. The minimum absolute atomic E-state index is 0.311. The highest BCUT2D eigenvalue weighted by molar-refractivity contribution is 5.85. The quantitative estimate of drug-likeness (QED) is 0.667. The number of rotatable bonds is 3. The van der Waals surface area contributed by atoms with E-state index < -0.39 is 6.04 Å². The van der Waals surface area contributed by atoms with Crippen LogP contribution in [0.25, 0.3) is 0 Å². The van der Waals surface area contributed by atoms with Gasteiger partial charge in [0.1, 0.15) is 6.61 Å². The van der Waals surface area contributed by atoms with Gasteiger partial charge in [0, 0.05) is 6.42 Å². The van der Waals surface area contributed by atoms with Crippen LogP contribution < -0.4 is 5.32 Å². The van der Waals surface area contributed by atoms with Gasteiger partial charge in [-0.15, -0.1) is 0 Å². The first kappa shape index (κ1) is 10.4. The molecule has 0 aromatic rings. The van der Waals surface area contributed by atoms with Gasteiger partial charge in [0.15, 0.2) is 11.9 Å². The number of aliphatic imine (C=N–C) groups is 1. The summed E-state index contributed by atoms with van der Waals surface area (Å²) in [4.78, 5) is 15.4. The van der Waals surface area contributed by atoms with Crippen molar-refractivity contribution in [3.63, 3.8) is 0 Å². The monoisotopic (exact) mass is 212 g/mol. The number of hydrogen-bond acceptors (Lipinski definition) is 5. The first-order valence-electron chi connectivity index (χ1n) is 5.27. The third-order valence-electron chi connectivity index (χ3n) is 2.81. The molecule has 2 unspecified atom stereocenters. The molecule has 0 radical (unpaired) electrons. The lowest BCUT2D eigenvalue weighted by Gasteiger charge is -2.06. The molecule has 0 aromatic heterocycles. The summed E-state index contributed by atoms with van der Waals surface area (Å²) in [5.74, 6) is 0.994. The summed E-state index contributed by atoms with van der Waals surface area (Å²) in [7, 11) is 1.37. The van der Waals surface area contributed by atoms with Crippen LogP contribution in [0.5, 0.6) is 0 Å². The van der Waals surface area contributed by atoms with E-state index in [-0.39, 0.29) is 5.97 Å². The summed E-state index contributed by atoms with van der Waals surface area (Å²) in [6.45, 7) is 2.42. The molecule has 5 nitrogen and oxygen atoms in total. The highest BCUT2D eigenvalue weighted by Gasteiger charge is 2.28. The molecule has 2 aliphatic rings. The van der Waals surface area contributed by atoms with E-state index >= 15 is 0 Å². The number of nitrogens with one attached hydrogen (secondary N) is 1. The molecular formula is C10H16N2O3. The van der Waals surface area contributed by atoms with Crippen LogP contribution in [0, 0.1) is 5.92 Å². The number of carbonyl (C=O) groups excluding carboxylic acids is 1. The zero-order valence-electron chi connectivity index (χ0n) is 8.86. The van der Waals surface area contributed by atoms with E-state index in [1.165, 1.54) is 7.11 Å². The fraction of sp³-hybridized carbons (Fsp3) is 0.800. The number of nitrogens with zero attached hydrogens (tertiary/aromatic N) is 1. The van der Waals surface area contributed by atoms with Crippen molar-refractivity contribution in [1.82, 2.24) is 5.32 Å². The smallest absolute Gasteiger partial charge is 0.334 e.